The molecule has 0 aromatic heterocycles. The molecule has 0 bridgehead atoms. The summed E-state index contributed by atoms with van der Waals surface area (Å²) in [5.41, 5.74) is -0.562. The maximum Gasteiger partial charge on any atom is 0.303 e. The van der Waals surface area contributed by atoms with Crippen LogP contribution >= 0.6 is 0 Å². The van der Waals surface area contributed by atoms with Crippen molar-refractivity contribution in [3.63, 3.8) is 0 Å². The minimum absolute atomic E-state index is 0.0541. The molecule has 0 heterocycles. The van der Waals surface area contributed by atoms with Gasteiger partial charge in [0.25, 0.3) is 0 Å². The zero-order chi connectivity index (χ0) is 20.3. The third-order valence-corrected chi connectivity index (χ3v) is 9.28. The predicted octanol–water partition coefficient (Wildman–Crippen LogP) is 3.83. The van der Waals surface area contributed by atoms with Crippen LogP contribution in [0.5, 0.6) is 0 Å². The molecule has 0 aromatic rings. The first-order chi connectivity index (χ1) is 13.2. The van der Waals surface area contributed by atoms with Crippen molar-refractivity contribution >= 4 is 23.3 Å². The van der Waals surface area contributed by atoms with E-state index in [4.69, 9.17) is 5.11 Å². The topological polar surface area (TPSA) is 88.5 Å². The number of carbonyl (C=O) groups is 4. The van der Waals surface area contributed by atoms with Gasteiger partial charge < -0.3 is 5.11 Å². The molecule has 4 aliphatic carbocycles. The lowest BCUT2D eigenvalue weighted by molar-refractivity contribution is -0.165. The van der Waals surface area contributed by atoms with E-state index in [0.717, 1.165) is 25.7 Å². The molecule has 4 aliphatic rings. The van der Waals surface area contributed by atoms with Crippen LogP contribution < -0.4 is 0 Å². The molecule has 28 heavy (non-hydrogen) atoms. The summed E-state index contributed by atoms with van der Waals surface area (Å²) in [5.74, 6) is 0.445. The predicted molar refractivity (Wildman–Crippen MR) is 102 cm³/mol. The highest BCUT2D eigenvalue weighted by Gasteiger charge is 2.65. The first kappa shape index (κ1) is 19.8. The van der Waals surface area contributed by atoms with Gasteiger partial charge in [-0.15, -0.1) is 0 Å². The van der Waals surface area contributed by atoms with Crippen molar-refractivity contribution < 1.29 is 24.3 Å². The van der Waals surface area contributed by atoms with E-state index in [1.807, 2.05) is 0 Å². The van der Waals surface area contributed by atoms with Gasteiger partial charge in [-0.3, -0.25) is 19.2 Å². The second-order valence-corrected chi connectivity index (χ2v) is 10.3. The highest BCUT2D eigenvalue weighted by Crippen LogP contribution is 2.65. The molecule has 4 saturated carbocycles. The molecule has 5 heteroatoms. The van der Waals surface area contributed by atoms with E-state index >= 15 is 0 Å². The van der Waals surface area contributed by atoms with Gasteiger partial charge in [0.05, 0.1) is 0 Å². The van der Waals surface area contributed by atoms with Crippen LogP contribution in [0.4, 0.5) is 0 Å². The molecule has 0 saturated heterocycles. The monoisotopic (exact) mass is 388 g/mol. The molecule has 0 aliphatic heterocycles. The van der Waals surface area contributed by atoms with Crippen LogP contribution in [0.15, 0.2) is 0 Å². The van der Waals surface area contributed by atoms with Crippen LogP contribution in [0.1, 0.15) is 78.1 Å². The van der Waals surface area contributed by atoms with E-state index in [-0.39, 0.29) is 58.8 Å². The molecule has 4 fully saturated rings. The maximum absolute atomic E-state index is 13.5. The molecular formula is C23H32O5. The number of hydrogen-bond donors (Lipinski definition) is 1. The lowest BCUT2D eigenvalue weighted by Crippen LogP contribution is -2.59. The number of carbonyl (C=O) groups excluding carboxylic acids is 3. The summed E-state index contributed by atoms with van der Waals surface area (Å²) in [5, 5.41) is 8.95. The minimum atomic E-state index is -0.789. The van der Waals surface area contributed by atoms with Crippen molar-refractivity contribution in [1.29, 1.82) is 0 Å². The molecule has 1 N–H and O–H groups in total. The Hall–Kier alpha value is -1.52. The summed E-state index contributed by atoms with van der Waals surface area (Å²) in [4.78, 5) is 49.6. The summed E-state index contributed by atoms with van der Waals surface area (Å²) in [6.07, 6.45) is 6.15. The van der Waals surface area contributed by atoms with Gasteiger partial charge in [0.15, 0.2) is 0 Å². The smallest absolute Gasteiger partial charge is 0.303 e. The fraction of sp³-hybridized carbons (Fsp3) is 0.826. The SMILES string of the molecule is C[C@]12C(=O)C[C@H]3[C@@H](C(=O)CC4CC(=O)CC[C@@]43C)[C@@H]1CC[C@@H]2CCCC(=O)O. The second-order valence-electron chi connectivity index (χ2n) is 10.3. The van der Waals surface area contributed by atoms with Gasteiger partial charge in [-0.1, -0.05) is 13.8 Å². The Kier molecular flexibility index (Phi) is 4.79. The third-order valence-electron chi connectivity index (χ3n) is 9.28. The average Bonchev–Trinajstić information content (AvgIpc) is 2.95. The maximum atomic E-state index is 13.5. The van der Waals surface area contributed by atoms with E-state index in [9.17, 15) is 19.2 Å². The number of Topliss-reactive ketones (excluding diaryl/α,β-unsaturated/α-hetero) is 3. The molecule has 0 amide bonds. The summed E-state index contributed by atoms with van der Waals surface area (Å²) in [7, 11) is 0. The number of aliphatic carboxylic acids is 1. The molecular weight excluding hydrogens is 356 g/mol. The van der Waals surface area contributed by atoms with Crippen LogP contribution in [0.3, 0.4) is 0 Å². The van der Waals surface area contributed by atoms with Crippen molar-refractivity contribution in [2.45, 2.75) is 78.1 Å². The van der Waals surface area contributed by atoms with Gasteiger partial charge in [0.1, 0.15) is 17.3 Å². The van der Waals surface area contributed by atoms with Gasteiger partial charge in [-0.2, -0.15) is 0 Å². The highest BCUT2D eigenvalue weighted by atomic mass is 16.4. The summed E-state index contributed by atoms with van der Waals surface area (Å²) in [6.45, 7) is 4.28. The lowest BCUT2D eigenvalue weighted by atomic mass is 9.44. The van der Waals surface area contributed by atoms with E-state index in [0.29, 0.717) is 32.1 Å². The number of carboxylic acid groups (broad SMARTS) is 1. The van der Waals surface area contributed by atoms with Gasteiger partial charge in [0.2, 0.25) is 0 Å². The van der Waals surface area contributed by atoms with Gasteiger partial charge in [-0.25, -0.2) is 0 Å². The molecule has 7 atom stereocenters. The molecule has 1 unspecified atom stereocenters. The van der Waals surface area contributed by atoms with Crippen molar-refractivity contribution in [2.75, 3.05) is 0 Å². The molecule has 5 nitrogen and oxygen atoms in total. The Balaban J connectivity index is 1.60. The van der Waals surface area contributed by atoms with Crippen molar-refractivity contribution in [3.8, 4) is 0 Å². The van der Waals surface area contributed by atoms with Crippen LogP contribution in [0.2, 0.25) is 0 Å². The Bertz CT molecular complexity index is 727. The number of fused-ring (bicyclic) bond motifs is 5. The third kappa shape index (κ3) is 2.80. The Morgan fingerprint density at radius 1 is 1.07 bits per heavy atom. The van der Waals surface area contributed by atoms with Crippen molar-refractivity contribution in [2.24, 2.45) is 40.4 Å². The normalized spacial score (nSPS) is 45.4. The largest absolute Gasteiger partial charge is 0.481 e. The van der Waals surface area contributed by atoms with Gasteiger partial charge >= 0.3 is 5.97 Å². The summed E-state index contributed by atoms with van der Waals surface area (Å²) < 4.78 is 0. The van der Waals surface area contributed by atoms with E-state index in [1.54, 1.807) is 0 Å². The zero-order valence-electron chi connectivity index (χ0n) is 17.0. The van der Waals surface area contributed by atoms with Crippen LogP contribution in [-0.4, -0.2) is 28.4 Å². The average molecular weight is 389 g/mol. The summed E-state index contributed by atoms with van der Waals surface area (Å²) >= 11 is 0. The zero-order valence-corrected chi connectivity index (χ0v) is 17.0. The highest BCUT2D eigenvalue weighted by molar-refractivity contribution is 5.93. The van der Waals surface area contributed by atoms with Crippen LogP contribution in [0.25, 0.3) is 0 Å². The van der Waals surface area contributed by atoms with E-state index in [1.165, 1.54) is 0 Å². The van der Waals surface area contributed by atoms with Gasteiger partial charge in [-0.05, 0) is 61.2 Å². The van der Waals surface area contributed by atoms with E-state index < -0.39 is 11.4 Å². The van der Waals surface area contributed by atoms with E-state index in [2.05, 4.69) is 13.8 Å². The Morgan fingerprint density at radius 2 is 1.82 bits per heavy atom. The fourth-order valence-electron chi connectivity index (χ4n) is 7.53. The second kappa shape index (κ2) is 6.77. The Labute approximate surface area is 166 Å². The molecule has 0 radical (unpaired) electrons. The first-order valence-electron chi connectivity index (χ1n) is 11.0. The summed E-state index contributed by atoms with van der Waals surface area (Å²) in [6, 6.07) is 0. The Morgan fingerprint density at radius 3 is 2.54 bits per heavy atom. The van der Waals surface area contributed by atoms with Crippen molar-refractivity contribution in [3.05, 3.63) is 0 Å². The van der Waals surface area contributed by atoms with Crippen LogP contribution in [-0.2, 0) is 19.2 Å². The number of rotatable bonds is 4. The molecule has 0 aromatic carbocycles. The number of carboxylic acids is 1. The quantitative estimate of drug-likeness (QED) is 0.791. The molecule has 154 valence electrons. The number of ketones is 3. The lowest BCUT2D eigenvalue weighted by Gasteiger charge is -2.58. The fourth-order valence-corrected chi connectivity index (χ4v) is 7.53. The van der Waals surface area contributed by atoms with Crippen molar-refractivity contribution in [1.82, 2.24) is 0 Å². The molecule has 0 spiro atoms. The van der Waals surface area contributed by atoms with Gasteiger partial charge in [0, 0.05) is 43.4 Å². The minimum Gasteiger partial charge on any atom is -0.481 e. The number of hydrogen-bond acceptors (Lipinski definition) is 4. The first-order valence-corrected chi connectivity index (χ1v) is 11.0. The standard InChI is InChI=1S/C23H32O5/c1-22-9-8-15(24)10-14(22)11-18(25)21-16-7-6-13(4-3-5-20(27)28)23(16,2)19(26)12-17(21)22/h13-14,16-17,21H,3-12H2,1-2H3,(H,27,28)/t13-,14?,16-,17-,21-,22-,23+/m0/s1. The van der Waals surface area contributed by atoms with Crippen LogP contribution in [0, 0.1) is 40.4 Å². The molecule has 4 rings (SSSR count).